The Labute approximate surface area is 242 Å². The molecule has 4 amide bonds. The van der Waals surface area contributed by atoms with Crippen molar-refractivity contribution in [1.82, 2.24) is 9.80 Å². The first kappa shape index (κ1) is 28.8. The smallest absolute Gasteiger partial charge is 0.253 e. The molecule has 1 unspecified atom stereocenters. The number of carbonyl (C=O) groups excluding carboxylic acids is 4. The molecule has 5 rings (SSSR count). The molecule has 2 aromatic carbocycles. The highest BCUT2D eigenvalue weighted by atomic mass is 16.2. The first-order valence-corrected chi connectivity index (χ1v) is 15.2. The zero-order valence-corrected chi connectivity index (χ0v) is 24.1. The molecule has 0 spiro atoms. The number of benzene rings is 2. The summed E-state index contributed by atoms with van der Waals surface area (Å²) in [4.78, 5) is 54.9. The van der Waals surface area contributed by atoms with E-state index in [1.807, 2.05) is 41.1 Å². The molecule has 2 N–H and O–H groups in total. The minimum absolute atomic E-state index is 0.0142. The van der Waals surface area contributed by atoms with Crippen molar-refractivity contribution >= 4 is 35.0 Å². The lowest BCUT2D eigenvalue weighted by atomic mass is 9.95. The standard InChI is InChI=1S/C33H42N4O4/c1-36(29-10-4-5-11-29)32(40)25-14-18-27(19-15-25)34-30(38)21-23-12-16-28(17-13-23)35-31(39)26-9-6-20-37(22-26)33(41)24-7-2-3-8-24/h12-19,24,26,29H,2-11,20-22H2,1H3,(H,34,38)(H,35,39). The second-order valence-electron chi connectivity index (χ2n) is 11.9. The summed E-state index contributed by atoms with van der Waals surface area (Å²) in [5, 5.41) is 5.89. The van der Waals surface area contributed by atoms with E-state index in [1.54, 1.807) is 24.3 Å². The summed E-state index contributed by atoms with van der Waals surface area (Å²) < 4.78 is 0. The molecule has 0 radical (unpaired) electrons. The Morgan fingerprint density at radius 3 is 2.02 bits per heavy atom. The first-order chi connectivity index (χ1) is 19.9. The Kier molecular flexibility index (Phi) is 9.37. The molecule has 1 heterocycles. The van der Waals surface area contributed by atoms with E-state index >= 15 is 0 Å². The van der Waals surface area contributed by atoms with Gasteiger partial charge in [-0.05, 0) is 80.5 Å². The van der Waals surface area contributed by atoms with Gasteiger partial charge in [0.25, 0.3) is 5.91 Å². The fraction of sp³-hybridized carbons (Fsp3) is 0.515. The molecule has 3 aliphatic rings. The van der Waals surface area contributed by atoms with Crippen molar-refractivity contribution in [2.24, 2.45) is 11.8 Å². The predicted molar refractivity (Wildman–Crippen MR) is 159 cm³/mol. The maximum Gasteiger partial charge on any atom is 0.253 e. The highest BCUT2D eigenvalue weighted by molar-refractivity contribution is 5.96. The van der Waals surface area contributed by atoms with Crippen LogP contribution in [0.5, 0.6) is 0 Å². The van der Waals surface area contributed by atoms with Crippen molar-refractivity contribution in [2.75, 3.05) is 30.8 Å². The van der Waals surface area contributed by atoms with Crippen molar-refractivity contribution in [3.05, 3.63) is 59.7 Å². The van der Waals surface area contributed by atoms with Crippen LogP contribution in [0.25, 0.3) is 0 Å². The number of carbonyl (C=O) groups is 4. The van der Waals surface area contributed by atoms with E-state index in [0.29, 0.717) is 29.5 Å². The molecular weight excluding hydrogens is 516 g/mol. The lowest BCUT2D eigenvalue weighted by molar-refractivity contribution is -0.138. The highest BCUT2D eigenvalue weighted by Gasteiger charge is 2.33. The summed E-state index contributed by atoms with van der Waals surface area (Å²) in [6.45, 7) is 1.24. The quantitative estimate of drug-likeness (QED) is 0.462. The number of nitrogens with zero attached hydrogens (tertiary/aromatic N) is 2. The van der Waals surface area contributed by atoms with Crippen LogP contribution in [0.2, 0.25) is 0 Å². The molecule has 2 aliphatic carbocycles. The molecule has 41 heavy (non-hydrogen) atoms. The first-order valence-electron chi connectivity index (χ1n) is 15.2. The van der Waals surface area contributed by atoms with E-state index in [2.05, 4.69) is 10.6 Å². The number of piperidine rings is 1. The van der Waals surface area contributed by atoms with Crippen LogP contribution < -0.4 is 10.6 Å². The zero-order chi connectivity index (χ0) is 28.8. The van der Waals surface area contributed by atoms with E-state index < -0.39 is 0 Å². The normalized spacial score (nSPS) is 19.6. The van der Waals surface area contributed by atoms with Crippen LogP contribution in [0.15, 0.2) is 48.5 Å². The van der Waals surface area contributed by atoms with Crippen LogP contribution in [0.1, 0.15) is 80.1 Å². The zero-order valence-electron chi connectivity index (χ0n) is 24.1. The van der Waals surface area contributed by atoms with Gasteiger partial charge in [-0.15, -0.1) is 0 Å². The SMILES string of the molecule is CN(C(=O)c1ccc(NC(=O)Cc2ccc(NC(=O)C3CCCN(C(=O)C4CCCC4)C3)cc2)cc1)C1CCCC1. The Morgan fingerprint density at radius 1 is 0.756 bits per heavy atom. The number of likely N-dealkylation sites (tertiary alicyclic amines) is 1. The molecule has 1 saturated heterocycles. The Hall–Kier alpha value is -3.68. The van der Waals surface area contributed by atoms with Crippen molar-refractivity contribution in [1.29, 1.82) is 0 Å². The molecule has 8 heteroatoms. The van der Waals surface area contributed by atoms with E-state index in [-0.39, 0.29) is 41.9 Å². The second-order valence-corrected chi connectivity index (χ2v) is 11.9. The summed E-state index contributed by atoms with van der Waals surface area (Å²) in [5.74, 6) is -0.0454. The summed E-state index contributed by atoms with van der Waals surface area (Å²) >= 11 is 0. The van der Waals surface area contributed by atoms with Crippen LogP contribution in [0.4, 0.5) is 11.4 Å². The molecular formula is C33H42N4O4. The van der Waals surface area contributed by atoms with Crippen LogP contribution >= 0.6 is 0 Å². The third-order valence-electron chi connectivity index (χ3n) is 9.00. The molecule has 2 saturated carbocycles. The van der Waals surface area contributed by atoms with Gasteiger partial charge in [-0.1, -0.05) is 37.8 Å². The van der Waals surface area contributed by atoms with Crippen molar-refractivity contribution < 1.29 is 19.2 Å². The summed E-state index contributed by atoms with van der Waals surface area (Å²) in [7, 11) is 1.87. The Morgan fingerprint density at radius 2 is 1.34 bits per heavy atom. The van der Waals surface area contributed by atoms with Crippen LogP contribution in [-0.4, -0.2) is 59.6 Å². The number of hydrogen-bond donors (Lipinski definition) is 2. The van der Waals surface area contributed by atoms with E-state index in [1.165, 1.54) is 12.8 Å². The van der Waals surface area contributed by atoms with Crippen LogP contribution in [0.3, 0.4) is 0 Å². The Balaban J connectivity index is 1.08. The molecule has 218 valence electrons. The molecule has 1 aliphatic heterocycles. The summed E-state index contributed by atoms with van der Waals surface area (Å²) in [6, 6.07) is 14.7. The van der Waals surface area contributed by atoms with E-state index in [4.69, 9.17) is 0 Å². The third-order valence-corrected chi connectivity index (χ3v) is 9.00. The molecule has 2 aromatic rings. The fourth-order valence-electron chi connectivity index (χ4n) is 6.52. The van der Waals surface area contributed by atoms with Crippen molar-refractivity contribution in [2.45, 2.75) is 76.7 Å². The minimum Gasteiger partial charge on any atom is -0.342 e. The number of amides is 4. The number of nitrogens with one attached hydrogen (secondary N) is 2. The van der Waals surface area contributed by atoms with Gasteiger partial charge in [0.05, 0.1) is 12.3 Å². The third kappa shape index (κ3) is 7.34. The van der Waals surface area contributed by atoms with Crippen molar-refractivity contribution in [3.63, 3.8) is 0 Å². The van der Waals surface area contributed by atoms with Gasteiger partial charge in [0.2, 0.25) is 17.7 Å². The van der Waals surface area contributed by atoms with Crippen molar-refractivity contribution in [3.8, 4) is 0 Å². The lowest BCUT2D eigenvalue weighted by Gasteiger charge is -2.33. The van der Waals surface area contributed by atoms with Gasteiger partial charge in [-0.2, -0.15) is 0 Å². The van der Waals surface area contributed by atoms with Crippen LogP contribution in [0, 0.1) is 11.8 Å². The molecule has 0 aromatic heterocycles. The fourth-order valence-corrected chi connectivity index (χ4v) is 6.52. The average Bonchev–Trinajstić information content (AvgIpc) is 3.73. The number of hydrogen-bond acceptors (Lipinski definition) is 4. The number of rotatable bonds is 8. The minimum atomic E-state index is -0.204. The largest absolute Gasteiger partial charge is 0.342 e. The molecule has 1 atom stereocenters. The highest BCUT2D eigenvalue weighted by Crippen LogP contribution is 2.29. The molecule has 0 bridgehead atoms. The number of anilines is 2. The maximum atomic E-state index is 13.0. The van der Waals surface area contributed by atoms with Gasteiger partial charge in [-0.25, -0.2) is 0 Å². The van der Waals surface area contributed by atoms with Gasteiger partial charge in [0.1, 0.15) is 0 Å². The monoisotopic (exact) mass is 558 g/mol. The van der Waals surface area contributed by atoms with Gasteiger partial charge >= 0.3 is 0 Å². The summed E-state index contributed by atoms with van der Waals surface area (Å²) in [5.41, 5.74) is 2.78. The average molecular weight is 559 g/mol. The Bertz CT molecular complexity index is 1230. The second kappa shape index (κ2) is 13.3. The van der Waals surface area contributed by atoms with Gasteiger partial charge in [-0.3, -0.25) is 19.2 Å². The van der Waals surface area contributed by atoms with Gasteiger partial charge in [0.15, 0.2) is 0 Å². The predicted octanol–water partition coefficient (Wildman–Crippen LogP) is 5.25. The van der Waals surface area contributed by atoms with Gasteiger partial charge < -0.3 is 20.4 Å². The van der Waals surface area contributed by atoms with Crippen LogP contribution in [-0.2, 0) is 20.8 Å². The molecule has 8 nitrogen and oxygen atoms in total. The van der Waals surface area contributed by atoms with E-state index in [9.17, 15) is 19.2 Å². The van der Waals surface area contributed by atoms with E-state index in [0.717, 1.165) is 63.5 Å². The van der Waals surface area contributed by atoms with Gasteiger partial charge in [0, 0.05) is 49.0 Å². The topological polar surface area (TPSA) is 98.8 Å². The summed E-state index contributed by atoms with van der Waals surface area (Å²) in [6.07, 6.45) is 10.5. The maximum absolute atomic E-state index is 13.0. The lowest BCUT2D eigenvalue weighted by Crippen LogP contribution is -2.45. The molecule has 3 fully saturated rings.